The third-order valence-corrected chi connectivity index (χ3v) is 9.55. The number of sulfonamides is 1. The molecule has 9 heteroatoms. The zero-order valence-corrected chi connectivity index (χ0v) is 27.7. The number of anilines is 1. The third kappa shape index (κ3) is 8.75. The summed E-state index contributed by atoms with van der Waals surface area (Å²) in [6.45, 7) is 6.09. The number of carbonyl (C=O) groups excluding carboxylic acids is 2. The van der Waals surface area contributed by atoms with Crippen molar-refractivity contribution < 1.29 is 22.7 Å². The maximum Gasteiger partial charge on any atom is 0.264 e. The summed E-state index contributed by atoms with van der Waals surface area (Å²) in [5.74, 6) is 0.0376. The van der Waals surface area contributed by atoms with Gasteiger partial charge in [0.15, 0.2) is 0 Å². The van der Waals surface area contributed by atoms with E-state index in [0.717, 1.165) is 27.4 Å². The van der Waals surface area contributed by atoms with Crippen LogP contribution in [0.5, 0.6) is 5.75 Å². The Hall–Kier alpha value is -4.63. The summed E-state index contributed by atoms with van der Waals surface area (Å²) >= 11 is 0. The summed E-state index contributed by atoms with van der Waals surface area (Å²) in [6.07, 6.45) is 0.976. The van der Waals surface area contributed by atoms with Gasteiger partial charge in [0.05, 0.1) is 17.7 Å². The Labute approximate surface area is 273 Å². The van der Waals surface area contributed by atoms with E-state index >= 15 is 0 Å². The Morgan fingerprint density at radius 3 is 2.07 bits per heavy atom. The van der Waals surface area contributed by atoms with Crippen LogP contribution >= 0.6 is 0 Å². The highest BCUT2D eigenvalue weighted by Crippen LogP contribution is 2.27. The van der Waals surface area contributed by atoms with Gasteiger partial charge in [0, 0.05) is 19.5 Å². The molecule has 242 valence electrons. The molecule has 1 atom stereocenters. The number of benzene rings is 4. The van der Waals surface area contributed by atoms with Crippen LogP contribution in [0, 0.1) is 0 Å². The maximum absolute atomic E-state index is 14.6. The first-order chi connectivity index (χ1) is 22.1. The minimum atomic E-state index is -4.15. The van der Waals surface area contributed by atoms with E-state index in [9.17, 15) is 18.0 Å². The molecule has 0 spiro atoms. The molecule has 1 N–H and O–H groups in total. The van der Waals surface area contributed by atoms with Crippen LogP contribution in [0.4, 0.5) is 5.69 Å². The van der Waals surface area contributed by atoms with Crippen molar-refractivity contribution in [2.24, 2.45) is 0 Å². The van der Waals surface area contributed by atoms with Crippen molar-refractivity contribution in [2.45, 2.75) is 57.0 Å². The van der Waals surface area contributed by atoms with E-state index in [1.165, 1.54) is 17.0 Å². The van der Waals surface area contributed by atoms with Crippen molar-refractivity contribution in [3.05, 3.63) is 126 Å². The van der Waals surface area contributed by atoms with Crippen LogP contribution in [0.15, 0.2) is 114 Å². The predicted molar refractivity (Wildman–Crippen MR) is 182 cm³/mol. The van der Waals surface area contributed by atoms with Crippen LogP contribution in [0.2, 0.25) is 0 Å². The van der Waals surface area contributed by atoms with Crippen molar-refractivity contribution in [3.8, 4) is 5.75 Å². The van der Waals surface area contributed by atoms with Crippen LogP contribution in [-0.4, -0.2) is 51.4 Å². The SMILES string of the molecule is CCCNC(=O)[C@@H](Cc1ccccc1)N(Cc1cccc(OC)c1)C(=O)CN(c1ccc(C(C)C)cc1)S(=O)(=O)c1ccccc1. The van der Waals surface area contributed by atoms with Crippen LogP contribution in [-0.2, 0) is 32.6 Å². The number of hydrogen-bond acceptors (Lipinski definition) is 5. The highest BCUT2D eigenvalue weighted by molar-refractivity contribution is 7.92. The standard InChI is InChI=1S/C37H43N3O5S/c1-5-23-38-37(42)35(25-29-13-8-6-9-14-29)39(26-30-15-12-16-33(24-30)45-4)36(41)27-40(32-21-19-31(20-22-32)28(2)3)46(43,44)34-17-10-7-11-18-34/h6-22,24,28,35H,5,23,25-27H2,1-4H3,(H,38,42)/t35-/m1/s1. The topological polar surface area (TPSA) is 96.0 Å². The van der Waals surface area contributed by atoms with Gasteiger partial charge >= 0.3 is 0 Å². The molecular weight excluding hydrogens is 598 g/mol. The first-order valence-corrected chi connectivity index (χ1v) is 17.0. The Morgan fingerprint density at radius 2 is 1.46 bits per heavy atom. The molecule has 8 nitrogen and oxygen atoms in total. The lowest BCUT2D eigenvalue weighted by atomic mass is 10.0. The first kappa shape index (κ1) is 34.2. The molecule has 0 radical (unpaired) electrons. The highest BCUT2D eigenvalue weighted by Gasteiger charge is 2.34. The van der Waals surface area contributed by atoms with Crippen molar-refractivity contribution in [1.29, 1.82) is 0 Å². The smallest absolute Gasteiger partial charge is 0.264 e. The van der Waals surface area contributed by atoms with Crippen LogP contribution < -0.4 is 14.4 Å². The van der Waals surface area contributed by atoms with E-state index in [0.29, 0.717) is 18.0 Å². The minimum Gasteiger partial charge on any atom is -0.497 e. The average molecular weight is 642 g/mol. The van der Waals surface area contributed by atoms with Crippen LogP contribution in [0.25, 0.3) is 0 Å². The zero-order chi connectivity index (χ0) is 33.1. The molecule has 0 fully saturated rings. The number of rotatable bonds is 15. The van der Waals surface area contributed by atoms with Gasteiger partial charge in [-0.15, -0.1) is 0 Å². The molecule has 4 rings (SSSR count). The second kappa shape index (κ2) is 16.1. The first-order valence-electron chi connectivity index (χ1n) is 15.6. The molecule has 0 saturated heterocycles. The summed E-state index contributed by atoms with van der Waals surface area (Å²) in [5.41, 5.74) is 3.02. The van der Waals surface area contributed by atoms with E-state index in [1.807, 2.05) is 67.6 Å². The van der Waals surface area contributed by atoms with Gasteiger partial charge in [-0.1, -0.05) is 93.6 Å². The molecule has 0 bridgehead atoms. The molecule has 4 aromatic rings. The second-order valence-corrected chi connectivity index (χ2v) is 13.3. The number of methoxy groups -OCH3 is 1. The van der Waals surface area contributed by atoms with E-state index in [4.69, 9.17) is 4.74 Å². The fourth-order valence-corrected chi connectivity index (χ4v) is 6.60. The van der Waals surface area contributed by atoms with Gasteiger partial charge in [-0.25, -0.2) is 8.42 Å². The Balaban J connectivity index is 1.80. The minimum absolute atomic E-state index is 0.0663. The lowest BCUT2D eigenvalue weighted by Crippen LogP contribution is -2.53. The Morgan fingerprint density at radius 1 is 0.826 bits per heavy atom. The molecule has 0 aliphatic carbocycles. The molecule has 46 heavy (non-hydrogen) atoms. The Kier molecular flexibility index (Phi) is 12.0. The zero-order valence-electron chi connectivity index (χ0n) is 26.9. The molecule has 4 aromatic carbocycles. The number of amides is 2. The van der Waals surface area contributed by atoms with E-state index in [1.54, 1.807) is 43.5 Å². The number of hydrogen-bond donors (Lipinski definition) is 1. The molecule has 0 aliphatic rings. The third-order valence-electron chi connectivity index (χ3n) is 7.77. The van der Waals surface area contributed by atoms with Crippen molar-refractivity contribution in [1.82, 2.24) is 10.2 Å². The van der Waals surface area contributed by atoms with Gasteiger partial charge in [0.2, 0.25) is 11.8 Å². The van der Waals surface area contributed by atoms with Gasteiger partial charge in [0.25, 0.3) is 10.0 Å². The van der Waals surface area contributed by atoms with E-state index in [2.05, 4.69) is 19.2 Å². The molecular formula is C37H43N3O5S. The van der Waals surface area contributed by atoms with Gasteiger partial charge in [0.1, 0.15) is 18.3 Å². The molecule has 0 heterocycles. The van der Waals surface area contributed by atoms with Crippen LogP contribution in [0.3, 0.4) is 0 Å². The summed E-state index contributed by atoms with van der Waals surface area (Å²) in [5, 5.41) is 2.96. The summed E-state index contributed by atoms with van der Waals surface area (Å²) in [4.78, 5) is 29.9. The van der Waals surface area contributed by atoms with Gasteiger partial charge in [-0.3, -0.25) is 13.9 Å². The van der Waals surface area contributed by atoms with E-state index in [-0.39, 0.29) is 29.7 Å². The van der Waals surface area contributed by atoms with Gasteiger partial charge in [-0.2, -0.15) is 0 Å². The number of ether oxygens (including phenoxy) is 1. The average Bonchev–Trinajstić information content (AvgIpc) is 3.08. The van der Waals surface area contributed by atoms with E-state index < -0.39 is 28.5 Å². The maximum atomic E-state index is 14.6. The molecule has 0 aromatic heterocycles. The molecule has 2 amide bonds. The van der Waals surface area contributed by atoms with Crippen LogP contribution in [0.1, 0.15) is 49.8 Å². The number of nitrogens with zero attached hydrogens (tertiary/aromatic N) is 2. The van der Waals surface area contributed by atoms with Crippen molar-refractivity contribution in [2.75, 3.05) is 24.5 Å². The quantitative estimate of drug-likeness (QED) is 0.167. The fraction of sp³-hybridized carbons (Fsp3) is 0.297. The molecule has 0 saturated carbocycles. The largest absolute Gasteiger partial charge is 0.497 e. The summed E-state index contributed by atoms with van der Waals surface area (Å²) < 4.78 is 34.9. The summed E-state index contributed by atoms with van der Waals surface area (Å²) in [7, 11) is -2.59. The molecule has 0 unspecified atom stereocenters. The number of carbonyl (C=O) groups is 2. The predicted octanol–water partition coefficient (Wildman–Crippen LogP) is 6.18. The normalized spacial score (nSPS) is 11.9. The number of nitrogens with one attached hydrogen (secondary N) is 1. The Bertz CT molecular complexity index is 1680. The van der Waals surface area contributed by atoms with Crippen molar-refractivity contribution >= 4 is 27.5 Å². The second-order valence-electron chi connectivity index (χ2n) is 11.4. The fourth-order valence-electron chi connectivity index (χ4n) is 5.16. The highest BCUT2D eigenvalue weighted by atomic mass is 32.2. The van der Waals surface area contributed by atoms with Gasteiger partial charge < -0.3 is 15.0 Å². The summed E-state index contributed by atoms with van der Waals surface area (Å²) in [6, 6.07) is 31.2. The lowest BCUT2D eigenvalue weighted by Gasteiger charge is -2.34. The monoisotopic (exact) mass is 641 g/mol. The molecule has 0 aliphatic heterocycles. The van der Waals surface area contributed by atoms with Crippen molar-refractivity contribution in [3.63, 3.8) is 0 Å². The van der Waals surface area contributed by atoms with Gasteiger partial charge in [-0.05, 0) is 65.4 Å². The lowest BCUT2D eigenvalue weighted by molar-refractivity contribution is -0.140.